The molecule has 0 radical (unpaired) electrons. The van der Waals surface area contributed by atoms with Gasteiger partial charge in [-0.25, -0.2) is 4.39 Å². The van der Waals surface area contributed by atoms with E-state index in [4.69, 9.17) is 16.3 Å². The molecule has 1 unspecified atom stereocenters. The zero-order valence-corrected chi connectivity index (χ0v) is 18.5. The van der Waals surface area contributed by atoms with Crippen LogP contribution in [0, 0.1) is 5.82 Å². The second-order valence-corrected chi connectivity index (χ2v) is 10.2. The predicted molar refractivity (Wildman–Crippen MR) is 120 cm³/mol. The molecule has 29 heavy (non-hydrogen) atoms. The third kappa shape index (κ3) is 2.78. The van der Waals surface area contributed by atoms with E-state index in [1.54, 1.807) is 0 Å². The minimum atomic E-state index is -0.330. The zero-order valence-electron chi connectivity index (χ0n) is 15.3. The van der Waals surface area contributed by atoms with Crippen LogP contribution >= 0.6 is 38.9 Å². The van der Waals surface area contributed by atoms with Crippen LogP contribution < -0.4 is 4.74 Å². The summed E-state index contributed by atoms with van der Waals surface area (Å²) in [6, 6.07) is 15.5. The monoisotopic (exact) mass is 487 g/mol. The van der Waals surface area contributed by atoms with E-state index in [9.17, 15) is 4.39 Å². The number of nitrogens with zero attached hydrogens (tertiary/aromatic N) is 1. The van der Waals surface area contributed by atoms with E-state index in [-0.39, 0.29) is 12.0 Å². The lowest BCUT2D eigenvalue weighted by molar-refractivity contribution is 0.176. The standard InChI is InChI=1S/C23H16BrClFNOS/c24-14-10-16(26)22-18-9-13-8-15(25)4-5-17(13)27(18)23(28-19(22)11-14)21-7-6-20(29-21)12-2-1-3-12/h4-12,23H,1-3H2. The number of ether oxygens (including phenoxy) is 1. The van der Waals surface area contributed by atoms with Gasteiger partial charge in [0.1, 0.15) is 11.6 Å². The topological polar surface area (TPSA) is 14.2 Å². The van der Waals surface area contributed by atoms with Gasteiger partial charge in [-0.1, -0.05) is 34.0 Å². The minimum absolute atomic E-state index is 0.302. The molecule has 0 amide bonds. The fourth-order valence-electron chi connectivity index (χ4n) is 4.32. The number of hydrogen-bond donors (Lipinski definition) is 0. The first-order chi connectivity index (χ1) is 14.1. The SMILES string of the molecule is Fc1cc(Br)cc2c1-c1cc3cc(Cl)ccc3n1C(c1ccc(C3CCC3)s1)O2. The summed E-state index contributed by atoms with van der Waals surface area (Å²) in [6.45, 7) is 0. The quantitative estimate of drug-likeness (QED) is 0.278. The molecule has 2 nitrogen and oxygen atoms in total. The summed E-state index contributed by atoms with van der Waals surface area (Å²) in [5, 5.41) is 1.64. The van der Waals surface area contributed by atoms with Crippen LogP contribution in [0.1, 0.15) is 41.2 Å². The van der Waals surface area contributed by atoms with Crippen molar-refractivity contribution >= 4 is 49.8 Å². The Balaban J connectivity index is 1.59. The van der Waals surface area contributed by atoms with E-state index >= 15 is 0 Å². The molecule has 6 rings (SSSR count). The van der Waals surface area contributed by atoms with Crippen molar-refractivity contribution in [2.45, 2.75) is 31.4 Å². The summed E-state index contributed by atoms with van der Waals surface area (Å²) in [5.74, 6) is 0.932. The summed E-state index contributed by atoms with van der Waals surface area (Å²) in [5.41, 5.74) is 2.30. The molecule has 0 saturated heterocycles. The summed E-state index contributed by atoms with van der Waals surface area (Å²) in [7, 11) is 0. The Hall–Kier alpha value is -1.82. The fraction of sp³-hybridized carbons (Fsp3) is 0.217. The van der Waals surface area contributed by atoms with Gasteiger partial charge in [-0.05, 0) is 67.3 Å². The highest BCUT2D eigenvalue weighted by Crippen LogP contribution is 2.48. The molecule has 0 N–H and O–H groups in total. The van der Waals surface area contributed by atoms with Crippen molar-refractivity contribution < 1.29 is 9.13 Å². The van der Waals surface area contributed by atoms with Gasteiger partial charge in [0.25, 0.3) is 0 Å². The number of hydrogen-bond acceptors (Lipinski definition) is 2. The largest absolute Gasteiger partial charge is 0.464 e. The molecule has 1 aliphatic carbocycles. The Morgan fingerprint density at radius 2 is 1.90 bits per heavy atom. The molecule has 6 heteroatoms. The Kier molecular flexibility index (Phi) is 4.09. The third-order valence-corrected chi connectivity index (χ3v) is 7.92. The zero-order chi connectivity index (χ0) is 19.7. The van der Waals surface area contributed by atoms with Crippen molar-refractivity contribution in [1.82, 2.24) is 4.57 Å². The van der Waals surface area contributed by atoms with E-state index in [0.29, 0.717) is 26.7 Å². The smallest absolute Gasteiger partial charge is 0.212 e. The minimum Gasteiger partial charge on any atom is -0.464 e. The van der Waals surface area contributed by atoms with Crippen LogP contribution in [0.5, 0.6) is 5.75 Å². The van der Waals surface area contributed by atoms with Crippen molar-refractivity contribution in [2.75, 3.05) is 0 Å². The Labute approximate surface area is 185 Å². The Morgan fingerprint density at radius 3 is 2.69 bits per heavy atom. The summed E-state index contributed by atoms with van der Waals surface area (Å²) in [4.78, 5) is 2.55. The van der Waals surface area contributed by atoms with Crippen molar-refractivity contribution in [1.29, 1.82) is 0 Å². The normalized spacial score (nSPS) is 18.2. The molecular weight excluding hydrogens is 473 g/mol. The maximum Gasteiger partial charge on any atom is 0.212 e. The second kappa shape index (κ2) is 6.59. The van der Waals surface area contributed by atoms with Crippen LogP contribution in [0.25, 0.3) is 22.2 Å². The number of rotatable bonds is 2. The molecular formula is C23H16BrClFNOS. The van der Waals surface area contributed by atoms with Crippen LogP contribution in [0.2, 0.25) is 5.02 Å². The maximum atomic E-state index is 15.0. The molecule has 0 spiro atoms. The van der Waals surface area contributed by atoms with Gasteiger partial charge in [-0.3, -0.25) is 4.57 Å². The lowest BCUT2D eigenvalue weighted by Gasteiger charge is -2.30. The van der Waals surface area contributed by atoms with E-state index in [1.165, 1.54) is 30.2 Å². The number of benzene rings is 2. The maximum absolute atomic E-state index is 15.0. The lowest BCUT2D eigenvalue weighted by atomic mass is 9.84. The van der Waals surface area contributed by atoms with E-state index < -0.39 is 0 Å². The highest BCUT2D eigenvalue weighted by atomic mass is 79.9. The van der Waals surface area contributed by atoms with Crippen LogP contribution in [-0.4, -0.2) is 4.57 Å². The molecule has 1 aliphatic heterocycles. The summed E-state index contributed by atoms with van der Waals surface area (Å²) >= 11 is 11.4. The first-order valence-corrected chi connectivity index (χ1v) is 11.6. The predicted octanol–water partition coefficient (Wildman–Crippen LogP) is 8.13. The first-order valence-electron chi connectivity index (χ1n) is 9.65. The van der Waals surface area contributed by atoms with E-state index in [0.717, 1.165) is 21.5 Å². The van der Waals surface area contributed by atoms with Crippen LogP contribution in [0.15, 0.2) is 53.0 Å². The van der Waals surface area contributed by atoms with Gasteiger partial charge in [0.2, 0.25) is 6.23 Å². The lowest BCUT2D eigenvalue weighted by Crippen LogP contribution is -2.22. The van der Waals surface area contributed by atoms with Crippen LogP contribution in [0.4, 0.5) is 4.39 Å². The van der Waals surface area contributed by atoms with Crippen molar-refractivity contribution in [3.8, 4) is 17.0 Å². The first kappa shape index (κ1) is 18.0. The molecule has 3 heterocycles. The number of fused-ring (bicyclic) bond motifs is 5. The molecule has 1 fully saturated rings. The van der Waals surface area contributed by atoms with Crippen molar-refractivity contribution in [2.24, 2.45) is 0 Å². The average molecular weight is 489 g/mol. The molecule has 0 bridgehead atoms. The van der Waals surface area contributed by atoms with E-state index in [1.807, 2.05) is 41.7 Å². The fourth-order valence-corrected chi connectivity index (χ4v) is 6.11. The number of thiophene rings is 1. The van der Waals surface area contributed by atoms with Gasteiger partial charge >= 0.3 is 0 Å². The molecule has 1 atom stereocenters. The highest BCUT2D eigenvalue weighted by molar-refractivity contribution is 9.10. The highest BCUT2D eigenvalue weighted by Gasteiger charge is 2.33. The summed E-state index contributed by atoms with van der Waals surface area (Å²) in [6.07, 6.45) is 3.51. The van der Waals surface area contributed by atoms with Crippen molar-refractivity contribution in [3.63, 3.8) is 0 Å². The van der Waals surface area contributed by atoms with E-state index in [2.05, 4.69) is 32.6 Å². The third-order valence-electron chi connectivity index (χ3n) is 5.95. The summed E-state index contributed by atoms with van der Waals surface area (Å²) < 4.78 is 24.1. The molecule has 4 aromatic rings. The Bertz CT molecular complexity index is 1280. The molecule has 1 saturated carbocycles. The number of halogens is 3. The van der Waals surface area contributed by atoms with Gasteiger partial charge in [-0.2, -0.15) is 0 Å². The average Bonchev–Trinajstić information content (AvgIpc) is 3.23. The van der Waals surface area contributed by atoms with Gasteiger partial charge < -0.3 is 4.74 Å². The molecule has 2 aliphatic rings. The van der Waals surface area contributed by atoms with Crippen LogP contribution in [-0.2, 0) is 0 Å². The van der Waals surface area contributed by atoms with Gasteiger partial charge in [0.05, 0.1) is 21.7 Å². The van der Waals surface area contributed by atoms with Gasteiger partial charge in [-0.15, -0.1) is 11.3 Å². The number of aromatic nitrogens is 1. The van der Waals surface area contributed by atoms with Gasteiger partial charge in [0, 0.05) is 19.8 Å². The van der Waals surface area contributed by atoms with Gasteiger partial charge in [0.15, 0.2) is 0 Å². The Morgan fingerprint density at radius 1 is 1.07 bits per heavy atom. The van der Waals surface area contributed by atoms with Crippen LogP contribution in [0.3, 0.4) is 0 Å². The molecule has 2 aromatic carbocycles. The molecule has 2 aromatic heterocycles. The molecule has 146 valence electrons. The second-order valence-electron chi connectivity index (χ2n) is 7.70. The van der Waals surface area contributed by atoms with Crippen molar-refractivity contribution in [3.05, 3.63) is 73.6 Å².